The quantitative estimate of drug-likeness (QED) is 0.127. The van der Waals surface area contributed by atoms with Gasteiger partial charge in [-0.25, -0.2) is 19.9 Å². The van der Waals surface area contributed by atoms with E-state index in [1.807, 2.05) is 84.9 Å². The number of H-pyrrole nitrogens is 1. The normalized spacial score (nSPS) is 13.2. The Bertz CT molecular complexity index is 8740. The van der Waals surface area contributed by atoms with Crippen LogP contribution in [0.4, 0.5) is 0 Å². The van der Waals surface area contributed by atoms with Gasteiger partial charge in [0.15, 0.2) is 0 Å². The second-order valence-electron chi connectivity index (χ2n) is 33.3. The molecule has 0 radical (unpaired) electrons. The molecule has 0 saturated heterocycles. The molecule has 8 nitrogen and oxygen atoms in total. The van der Waals surface area contributed by atoms with Crippen LogP contribution >= 0.6 is 11.6 Å². The first-order valence-electron chi connectivity index (χ1n) is 44.2. The van der Waals surface area contributed by atoms with E-state index in [4.69, 9.17) is 22.9 Å². The Labute approximate surface area is 769 Å². The molecular weight excluding hydrogens is 1590 g/mol. The van der Waals surface area contributed by atoms with Crippen LogP contribution in [0.1, 0.15) is 48.7 Å². The van der Waals surface area contributed by atoms with Crippen LogP contribution in [0.5, 0.6) is 0 Å². The van der Waals surface area contributed by atoms with E-state index < -0.39 is 5.41 Å². The molecule has 0 saturated carbocycles. The van der Waals surface area contributed by atoms with Crippen molar-refractivity contribution in [3.8, 4) is 107 Å². The smallest absolute Gasteiger partial charge is 1.00 e. The van der Waals surface area contributed by atoms with Crippen LogP contribution in [-0.4, -0.2) is 38.6 Å². The predicted octanol–water partition coefficient (Wildman–Crippen LogP) is 26.7. The molecule has 0 unspecified atom stereocenters. The molecule has 0 bridgehead atoms. The molecule has 0 aliphatic heterocycles. The second kappa shape index (κ2) is 29.6. The largest absolute Gasteiger partial charge is 1.00 e. The van der Waals surface area contributed by atoms with Crippen molar-refractivity contribution in [1.29, 1.82) is 0 Å². The third-order valence-corrected chi connectivity index (χ3v) is 27.1. The second-order valence-corrected chi connectivity index (χ2v) is 33.7. The summed E-state index contributed by atoms with van der Waals surface area (Å²) < 4.78 is 25.2. The minimum Gasteiger partial charge on any atom is -1.00 e. The van der Waals surface area contributed by atoms with Crippen LogP contribution in [0.25, 0.3) is 194 Å². The van der Waals surface area contributed by atoms with Gasteiger partial charge in [0.1, 0.15) is 0 Å². The number of aromatic nitrogens is 8. The average Bonchev–Trinajstić information content (AvgIpc) is 1.51. The minimum absolute atomic E-state index is 0. The molecule has 28 rings (SSSR count). The van der Waals surface area contributed by atoms with E-state index in [-0.39, 0.29) is 41.7 Å². The van der Waals surface area contributed by atoms with Crippen molar-refractivity contribution in [2.24, 2.45) is 0 Å². The molecule has 0 amide bonds. The van der Waals surface area contributed by atoms with E-state index in [1.54, 1.807) is 0 Å². The van der Waals surface area contributed by atoms with Crippen LogP contribution in [0.3, 0.4) is 0 Å². The van der Waals surface area contributed by atoms with Gasteiger partial charge in [0.2, 0.25) is 11.2 Å². The van der Waals surface area contributed by atoms with E-state index in [0.29, 0.717) is 18.0 Å². The summed E-state index contributed by atoms with van der Waals surface area (Å²) in [7, 11) is 0. The molecule has 4 aliphatic rings. The molecule has 128 heavy (non-hydrogen) atoms. The van der Waals surface area contributed by atoms with Crippen LogP contribution in [-0.2, 0) is 10.8 Å². The maximum absolute atomic E-state index is 9.64. The van der Waals surface area contributed by atoms with Gasteiger partial charge in [0, 0.05) is 82.2 Å². The van der Waals surface area contributed by atoms with Crippen molar-refractivity contribution in [3.63, 3.8) is 0 Å². The van der Waals surface area contributed by atoms with E-state index in [9.17, 15) is 1.37 Å². The first-order valence-corrected chi connectivity index (χ1v) is 43.6. The number of para-hydroxylation sites is 6. The van der Waals surface area contributed by atoms with E-state index in [2.05, 4.69) is 368 Å². The van der Waals surface area contributed by atoms with Gasteiger partial charge in [0.25, 0.3) is 0 Å². The van der Waals surface area contributed by atoms with Gasteiger partial charge in [-0.3, -0.25) is 4.57 Å². The molecular formula is C118H74ClN8Na. The van der Waals surface area contributed by atoms with E-state index in [0.717, 1.165) is 133 Å². The molecule has 24 aromatic rings. The Balaban J connectivity index is 0.000000120. The fourth-order valence-corrected chi connectivity index (χ4v) is 22.1. The van der Waals surface area contributed by atoms with Crippen molar-refractivity contribution in [1.82, 2.24) is 38.6 Å². The predicted molar refractivity (Wildman–Crippen MR) is 523 cm³/mol. The van der Waals surface area contributed by atoms with Gasteiger partial charge < -0.3 is 15.5 Å². The first-order chi connectivity index (χ1) is 63.8. The van der Waals surface area contributed by atoms with Crippen molar-refractivity contribution < 1.29 is 33.7 Å². The van der Waals surface area contributed by atoms with Crippen molar-refractivity contribution >= 4 is 98.8 Å². The summed E-state index contributed by atoms with van der Waals surface area (Å²) in [6.45, 7) is 0. The summed E-state index contributed by atoms with van der Waals surface area (Å²) in [6, 6.07) is 151. The third-order valence-electron chi connectivity index (χ3n) is 27.0. The zero-order chi connectivity index (χ0) is 85.3. The fourth-order valence-electron chi connectivity index (χ4n) is 21.9. The zero-order valence-corrected chi connectivity index (χ0v) is 72.2. The standard InChI is InChI=1S/C59H36N4.C35H21ClN2.C24H16N2.Na.H/c1-3-17-37(18-4-1)51-36-52(38-31-33-50-46(35-38)42-23-9-14-28-49(42)59(50)47-26-12-7-21-40(47)41-22-8-13-27-48(41)59)61-58(60-51)63-53-29-15-10-24-43(53)44-32-34-55-56(57(44)63)45-25-11-16-30-54(45)62(55)39-19-5-2-6-20-39;36-34-37-32(22-10-2-1-3-11-22)21-33(38-34)23-18-19-31-27(20-23)26-14-6-9-17-30(26)35(31)28-15-7-4-12-24(28)25-13-5-8-16-29(25)35;1-2-8-16(9-3-1)26-21-13-7-5-11-19(21)23-22(26)15-14-18-17-10-4-6-12-20(17)25-24(18)23;;/h1-36H;1-21H;1-15,25H;;/q;;;+1;-1/i34D;;15D;;. The molecule has 0 fully saturated rings. The van der Waals surface area contributed by atoms with Crippen LogP contribution in [0.15, 0.2) is 437 Å². The fraction of sp³-hybridized carbons (Fsp3) is 0.0169. The number of fused-ring (bicyclic) bond motifs is 34. The summed E-state index contributed by atoms with van der Waals surface area (Å²) in [4.78, 5) is 23.8. The summed E-state index contributed by atoms with van der Waals surface area (Å²) in [6.07, 6.45) is 0. The number of aromatic amines is 1. The van der Waals surface area contributed by atoms with Gasteiger partial charge >= 0.3 is 29.6 Å². The van der Waals surface area contributed by atoms with Crippen molar-refractivity contribution in [2.75, 3.05) is 0 Å². The molecule has 594 valence electrons. The molecule has 18 aromatic carbocycles. The minimum atomic E-state index is -0.423. The van der Waals surface area contributed by atoms with Gasteiger partial charge in [-0.05, 0) is 185 Å². The maximum Gasteiger partial charge on any atom is 1.00 e. The Morgan fingerprint density at radius 3 is 1.05 bits per heavy atom. The molecule has 2 spiro atoms. The summed E-state index contributed by atoms with van der Waals surface area (Å²) in [5, 5.41) is 8.94. The monoisotopic (exact) mass is 1660 g/mol. The Morgan fingerprint density at radius 2 is 0.586 bits per heavy atom. The van der Waals surface area contributed by atoms with Gasteiger partial charge in [-0.1, -0.05) is 352 Å². The van der Waals surface area contributed by atoms with Crippen LogP contribution in [0, 0.1) is 0 Å². The molecule has 4 aliphatic carbocycles. The van der Waals surface area contributed by atoms with Gasteiger partial charge in [-0.15, -0.1) is 0 Å². The number of hydrogen-bond donors (Lipinski definition) is 1. The first kappa shape index (κ1) is 73.0. The van der Waals surface area contributed by atoms with Gasteiger partial charge in [0.05, 0.1) is 75.0 Å². The van der Waals surface area contributed by atoms with Gasteiger partial charge in [-0.2, -0.15) is 0 Å². The Morgan fingerprint density at radius 1 is 0.258 bits per heavy atom. The van der Waals surface area contributed by atoms with Crippen LogP contribution < -0.4 is 29.6 Å². The number of halogens is 1. The molecule has 10 heteroatoms. The summed E-state index contributed by atoms with van der Waals surface area (Å²) >= 11 is 6.44. The number of hydrogen-bond acceptors (Lipinski definition) is 4. The SMILES string of the molecule is Clc1nc(-c2ccccc2)cc(-c2ccc3c(c2)-c2ccccc2C32c3ccccc3-c3ccccc32)n1.[2H]c1cc2c3ccccc3[nH]c2c2c3ccccc3n(-c3ccccc3)c12.[2H]c1cc2c3ccccc3n(-c3nc(-c4ccccc4)cc(-c4ccc5c(c4)-c4ccccc4C54c5ccccc5-c5ccccc54)n3)c2c2c3ccccc3n(-c3ccccc3)c12.[H-].[Na+]. The average molecular weight is 1660 g/mol. The molecule has 0 atom stereocenters. The van der Waals surface area contributed by atoms with Crippen molar-refractivity contribution in [2.45, 2.75) is 10.8 Å². The summed E-state index contributed by atoms with van der Waals surface area (Å²) in [5.41, 5.74) is 37.6. The third kappa shape index (κ3) is 11.1. The Hall–Kier alpha value is -15.4. The number of nitrogens with one attached hydrogen (secondary N) is 1. The summed E-state index contributed by atoms with van der Waals surface area (Å²) in [5.74, 6) is 0.578. The van der Waals surface area contributed by atoms with Crippen molar-refractivity contribution in [3.05, 3.63) is 487 Å². The van der Waals surface area contributed by atoms with Crippen LogP contribution in [0.2, 0.25) is 5.28 Å². The number of rotatable bonds is 7. The molecule has 6 aromatic heterocycles. The van der Waals surface area contributed by atoms with E-state index >= 15 is 0 Å². The maximum atomic E-state index is 9.64. The molecule has 6 heterocycles. The number of benzene rings is 18. The molecule has 1 N–H and O–H groups in total. The van der Waals surface area contributed by atoms with E-state index in [1.165, 1.54) is 99.8 Å². The topological polar surface area (TPSA) is 82.1 Å². The number of nitrogens with zero attached hydrogens (tertiary/aromatic N) is 7. The zero-order valence-electron chi connectivity index (χ0n) is 72.4. The Kier molecular flexibility index (Phi) is 16.9.